The first-order chi connectivity index (χ1) is 19.6. The number of carbonyl (C=O) groups is 3. The molecule has 4 aromatic rings. The first kappa shape index (κ1) is 28.4. The molecule has 6 nitrogen and oxygen atoms in total. The molecule has 0 aliphatic carbocycles. The number of ether oxygens (including phenoxy) is 1. The van der Waals surface area contributed by atoms with Crippen molar-refractivity contribution in [2.24, 2.45) is 0 Å². The van der Waals surface area contributed by atoms with Gasteiger partial charge < -0.3 is 10.1 Å². The highest BCUT2D eigenvalue weighted by atomic mass is 79.9. The summed E-state index contributed by atoms with van der Waals surface area (Å²) >= 11 is 4.17. The van der Waals surface area contributed by atoms with Gasteiger partial charge in [0.15, 0.2) is 0 Å². The average molecular weight is 641 g/mol. The largest absolute Gasteiger partial charge is 0.488 e. The number of alkyl halides is 3. The van der Waals surface area contributed by atoms with Gasteiger partial charge in [-0.1, -0.05) is 54.6 Å². The molecule has 1 saturated heterocycles. The summed E-state index contributed by atoms with van der Waals surface area (Å²) in [6, 6.07) is 23.3. The number of hydrogen-bond donors (Lipinski definition) is 1. The molecule has 1 N–H and O–H groups in total. The summed E-state index contributed by atoms with van der Waals surface area (Å²) in [6.07, 6.45) is -3.05. The Kier molecular flexibility index (Phi) is 8.18. The van der Waals surface area contributed by atoms with E-state index in [2.05, 4.69) is 21.2 Å². The van der Waals surface area contributed by atoms with Gasteiger partial charge in [-0.15, -0.1) is 0 Å². The predicted molar refractivity (Wildman–Crippen MR) is 155 cm³/mol. The Hall–Kier alpha value is -4.09. The van der Waals surface area contributed by atoms with Gasteiger partial charge in [0, 0.05) is 5.69 Å². The molecule has 0 unspecified atom stereocenters. The van der Waals surface area contributed by atoms with E-state index in [1.807, 2.05) is 42.5 Å². The first-order valence-electron chi connectivity index (χ1n) is 12.2. The number of amides is 3. The monoisotopic (exact) mass is 640 g/mol. The smallest absolute Gasteiger partial charge is 0.416 e. The fourth-order valence-electron chi connectivity index (χ4n) is 4.20. The van der Waals surface area contributed by atoms with Crippen molar-refractivity contribution in [2.45, 2.75) is 12.8 Å². The first-order valence-corrected chi connectivity index (χ1v) is 13.8. The summed E-state index contributed by atoms with van der Waals surface area (Å²) in [7, 11) is 0. The van der Waals surface area contributed by atoms with Gasteiger partial charge >= 0.3 is 6.18 Å². The Labute approximate surface area is 245 Å². The van der Waals surface area contributed by atoms with Gasteiger partial charge in [-0.3, -0.25) is 19.3 Å². The molecular formula is C30H20BrF3N2O4S. The second-order valence-electron chi connectivity index (χ2n) is 9.01. The third-order valence-electron chi connectivity index (χ3n) is 6.17. The summed E-state index contributed by atoms with van der Waals surface area (Å²) in [5, 5.41) is 3.86. The molecule has 11 heteroatoms. The molecular weight excluding hydrogens is 621 g/mol. The second-order valence-corrected chi connectivity index (χ2v) is 10.9. The Morgan fingerprint density at radius 2 is 1.73 bits per heavy atom. The molecule has 0 spiro atoms. The van der Waals surface area contributed by atoms with Gasteiger partial charge in [-0.2, -0.15) is 13.2 Å². The minimum absolute atomic E-state index is 0.0973. The van der Waals surface area contributed by atoms with Crippen LogP contribution in [0.2, 0.25) is 0 Å². The predicted octanol–water partition coefficient (Wildman–Crippen LogP) is 7.88. The van der Waals surface area contributed by atoms with Crippen molar-refractivity contribution in [1.82, 2.24) is 4.90 Å². The molecule has 3 amide bonds. The van der Waals surface area contributed by atoms with Crippen molar-refractivity contribution in [2.75, 3.05) is 11.9 Å². The Balaban J connectivity index is 1.23. The molecule has 0 bridgehead atoms. The summed E-state index contributed by atoms with van der Waals surface area (Å²) in [6.45, 7) is -0.288. The number of imide groups is 1. The fourth-order valence-corrected chi connectivity index (χ4v) is 5.55. The van der Waals surface area contributed by atoms with Crippen LogP contribution in [0, 0.1) is 0 Å². The molecule has 0 atom stereocenters. The second kappa shape index (κ2) is 11.8. The Morgan fingerprint density at radius 3 is 2.51 bits per heavy atom. The number of benzene rings is 4. The van der Waals surface area contributed by atoms with Crippen LogP contribution in [-0.4, -0.2) is 28.5 Å². The maximum absolute atomic E-state index is 12.9. The average Bonchev–Trinajstić information content (AvgIpc) is 3.19. The molecule has 0 saturated carbocycles. The van der Waals surface area contributed by atoms with Crippen molar-refractivity contribution in [1.29, 1.82) is 0 Å². The van der Waals surface area contributed by atoms with E-state index < -0.39 is 35.3 Å². The number of carbonyl (C=O) groups excluding carboxylic acids is 3. The van der Waals surface area contributed by atoms with Gasteiger partial charge in [0.2, 0.25) is 5.91 Å². The quantitative estimate of drug-likeness (QED) is 0.208. The van der Waals surface area contributed by atoms with Gasteiger partial charge in [0.05, 0.1) is 14.9 Å². The number of fused-ring (bicyclic) bond motifs is 1. The maximum Gasteiger partial charge on any atom is 0.416 e. The van der Waals surface area contributed by atoms with E-state index in [9.17, 15) is 27.6 Å². The third-order valence-corrected chi connectivity index (χ3v) is 7.69. The van der Waals surface area contributed by atoms with Crippen molar-refractivity contribution < 1.29 is 32.3 Å². The Morgan fingerprint density at radius 1 is 0.976 bits per heavy atom. The fraction of sp³-hybridized carbons (Fsp3) is 0.100. The van der Waals surface area contributed by atoms with E-state index in [1.165, 1.54) is 12.1 Å². The van der Waals surface area contributed by atoms with Gasteiger partial charge in [0.25, 0.3) is 11.1 Å². The number of nitrogens with one attached hydrogen (secondary N) is 1. The number of anilines is 1. The molecule has 41 heavy (non-hydrogen) atoms. The normalized spacial score (nSPS) is 14.6. The minimum atomic E-state index is -4.58. The van der Waals surface area contributed by atoms with Gasteiger partial charge in [-0.05, 0) is 86.0 Å². The van der Waals surface area contributed by atoms with Gasteiger partial charge in [0.1, 0.15) is 18.9 Å². The van der Waals surface area contributed by atoms with Crippen molar-refractivity contribution in [3.05, 3.63) is 111 Å². The van der Waals surface area contributed by atoms with Crippen molar-refractivity contribution in [3.8, 4) is 5.75 Å². The lowest BCUT2D eigenvalue weighted by atomic mass is 10.1. The van der Waals surface area contributed by atoms with Crippen LogP contribution in [0.25, 0.3) is 16.8 Å². The van der Waals surface area contributed by atoms with Crippen LogP contribution in [0.15, 0.2) is 94.3 Å². The third kappa shape index (κ3) is 6.63. The molecule has 208 valence electrons. The van der Waals surface area contributed by atoms with E-state index >= 15 is 0 Å². The number of hydrogen-bond acceptors (Lipinski definition) is 5. The maximum atomic E-state index is 12.9. The van der Waals surface area contributed by atoms with Crippen LogP contribution >= 0.6 is 27.7 Å². The lowest BCUT2D eigenvalue weighted by molar-refractivity contribution is -0.137. The highest BCUT2D eigenvalue weighted by molar-refractivity contribution is 9.10. The zero-order chi connectivity index (χ0) is 29.1. The molecule has 5 rings (SSSR count). The SMILES string of the molecule is O=C(CN1C(=O)S/C(=C\c2ccc(OCc3cccc4ccccc34)c(Br)c2)C1=O)Nc1cccc(C(F)(F)F)c1. The zero-order valence-corrected chi connectivity index (χ0v) is 23.5. The molecule has 0 aromatic heterocycles. The highest BCUT2D eigenvalue weighted by Gasteiger charge is 2.36. The molecule has 1 aliphatic heterocycles. The lowest BCUT2D eigenvalue weighted by Gasteiger charge is -2.13. The zero-order valence-electron chi connectivity index (χ0n) is 21.1. The van der Waals surface area contributed by atoms with E-state index in [-0.39, 0.29) is 10.6 Å². The van der Waals surface area contributed by atoms with Crippen LogP contribution in [0.1, 0.15) is 16.7 Å². The van der Waals surface area contributed by atoms with Crippen molar-refractivity contribution in [3.63, 3.8) is 0 Å². The van der Waals surface area contributed by atoms with Crippen LogP contribution in [0.4, 0.5) is 23.7 Å². The molecule has 0 radical (unpaired) electrons. The number of halogens is 4. The summed E-state index contributed by atoms with van der Waals surface area (Å²) in [5.74, 6) is -0.885. The minimum Gasteiger partial charge on any atom is -0.488 e. The van der Waals surface area contributed by atoms with Crippen molar-refractivity contribution >= 4 is 67.3 Å². The topological polar surface area (TPSA) is 75.7 Å². The van der Waals surface area contributed by atoms with Crippen LogP contribution in [-0.2, 0) is 22.4 Å². The lowest BCUT2D eigenvalue weighted by Crippen LogP contribution is -2.36. The van der Waals surface area contributed by atoms with E-state index in [1.54, 1.807) is 18.2 Å². The van der Waals surface area contributed by atoms with E-state index in [0.29, 0.717) is 34.2 Å². The molecule has 1 heterocycles. The molecule has 4 aromatic carbocycles. The summed E-state index contributed by atoms with van der Waals surface area (Å²) in [4.78, 5) is 38.6. The number of rotatable bonds is 7. The number of thioether (sulfide) groups is 1. The van der Waals surface area contributed by atoms with Crippen LogP contribution < -0.4 is 10.1 Å². The van der Waals surface area contributed by atoms with Gasteiger partial charge in [-0.25, -0.2) is 0 Å². The van der Waals surface area contributed by atoms with E-state index in [0.717, 1.165) is 39.4 Å². The Bertz CT molecular complexity index is 1700. The highest BCUT2D eigenvalue weighted by Crippen LogP contribution is 2.35. The van der Waals surface area contributed by atoms with Crippen LogP contribution in [0.5, 0.6) is 5.75 Å². The van der Waals surface area contributed by atoms with Crippen LogP contribution in [0.3, 0.4) is 0 Å². The molecule has 1 fully saturated rings. The molecule has 1 aliphatic rings. The van der Waals surface area contributed by atoms with E-state index in [4.69, 9.17) is 4.74 Å². The standard InChI is InChI=1S/C30H20BrF3N2O4S/c31-24-13-18(11-12-25(24)40-17-20-7-3-6-19-5-1-2-10-23(19)20)14-26-28(38)36(29(39)41-26)16-27(37)35-22-9-4-8-21(15-22)30(32,33)34/h1-15H,16-17H2,(H,35,37)/b26-14-. The summed E-state index contributed by atoms with van der Waals surface area (Å²) in [5.41, 5.74) is 0.624. The number of nitrogens with zero attached hydrogens (tertiary/aromatic N) is 1. The summed E-state index contributed by atoms with van der Waals surface area (Å²) < 4.78 is 45.5.